The Morgan fingerprint density at radius 3 is 2.40 bits per heavy atom. The van der Waals surface area contributed by atoms with Crippen molar-refractivity contribution in [2.75, 3.05) is 0 Å². The number of hydrogen-bond acceptors (Lipinski definition) is 6. The average molecular weight is 493 g/mol. The molecule has 0 fully saturated rings. The molecule has 182 valence electrons. The first-order valence-corrected chi connectivity index (χ1v) is 12.6. The van der Waals surface area contributed by atoms with Crippen LogP contribution in [-0.2, 0) is 21.3 Å². The zero-order valence-electron chi connectivity index (χ0n) is 20.4. The van der Waals surface area contributed by atoms with E-state index in [4.69, 9.17) is 4.74 Å². The van der Waals surface area contributed by atoms with Crippen LogP contribution in [0.3, 0.4) is 0 Å². The van der Waals surface area contributed by atoms with Gasteiger partial charge in [-0.2, -0.15) is 0 Å². The van der Waals surface area contributed by atoms with Crippen LogP contribution >= 0.6 is 0 Å². The van der Waals surface area contributed by atoms with Crippen molar-refractivity contribution < 1.29 is 17.9 Å². The number of carbonyl (C=O) groups is 1. The smallest absolute Gasteiger partial charge is 0.407 e. The van der Waals surface area contributed by atoms with Crippen molar-refractivity contribution in [3.8, 4) is 11.3 Å². The van der Waals surface area contributed by atoms with Gasteiger partial charge in [0.15, 0.2) is 5.65 Å². The number of benzene rings is 2. The van der Waals surface area contributed by atoms with Crippen LogP contribution in [0.2, 0.25) is 0 Å². The zero-order valence-corrected chi connectivity index (χ0v) is 21.2. The fourth-order valence-corrected chi connectivity index (χ4v) is 5.00. The van der Waals surface area contributed by atoms with Gasteiger partial charge in [-0.15, -0.1) is 0 Å². The minimum absolute atomic E-state index is 0.193. The first kappa shape index (κ1) is 24.4. The molecule has 4 aromatic rings. The van der Waals surface area contributed by atoms with Gasteiger partial charge < -0.3 is 10.1 Å². The normalized spacial score (nSPS) is 12.0. The molecule has 0 aliphatic heterocycles. The molecule has 0 spiro atoms. The van der Waals surface area contributed by atoms with Crippen LogP contribution in [0, 0.1) is 13.8 Å². The maximum absolute atomic E-state index is 13.2. The topological polar surface area (TPSA) is 103 Å². The molecular weight excluding hydrogens is 464 g/mol. The largest absolute Gasteiger partial charge is 0.444 e. The fraction of sp³-hybridized carbons (Fsp3) is 0.269. The third-order valence-corrected chi connectivity index (χ3v) is 7.14. The summed E-state index contributed by atoms with van der Waals surface area (Å²) in [6.07, 6.45) is 2.39. The van der Waals surface area contributed by atoms with E-state index in [0.29, 0.717) is 23.3 Å². The number of fused-ring (bicyclic) bond motifs is 1. The minimum Gasteiger partial charge on any atom is -0.444 e. The predicted molar refractivity (Wildman–Crippen MR) is 135 cm³/mol. The first-order valence-electron chi connectivity index (χ1n) is 11.2. The van der Waals surface area contributed by atoms with E-state index in [1.165, 1.54) is 16.5 Å². The van der Waals surface area contributed by atoms with Crippen molar-refractivity contribution in [2.45, 2.75) is 51.7 Å². The molecule has 35 heavy (non-hydrogen) atoms. The number of aromatic nitrogens is 3. The molecule has 0 aliphatic rings. The number of amides is 1. The Kier molecular flexibility index (Phi) is 6.38. The zero-order chi connectivity index (χ0) is 25.4. The van der Waals surface area contributed by atoms with Crippen molar-refractivity contribution in [1.29, 1.82) is 0 Å². The number of aryl methyl sites for hydroxylation is 2. The molecule has 0 radical (unpaired) electrons. The van der Waals surface area contributed by atoms with Gasteiger partial charge in [0.2, 0.25) is 0 Å². The van der Waals surface area contributed by atoms with Crippen LogP contribution in [-0.4, -0.2) is 34.1 Å². The van der Waals surface area contributed by atoms with E-state index in [2.05, 4.69) is 15.3 Å². The van der Waals surface area contributed by atoms with Gasteiger partial charge in [-0.05, 0) is 70.0 Å². The van der Waals surface area contributed by atoms with E-state index in [1.54, 1.807) is 30.3 Å². The Labute approximate surface area is 205 Å². The molecule has 0 bridgehead atoms. The molecule has 0 saturated heterocycles. The second kappa shape index (κ2) is 9.14. The highest BCUT2D eigenvalue weighted by molar-refractivity contribution is 7.90. The summed E-state index contributed by atoms with van der Waals surface area (Å²) in [6, 6.07) is 14.2. The van der Waals surface area contributed by atoms with E-state index in [-0.39, 0.29) is 4.90 Å². The predicted octanol–water partition coefficient (Wildman–Crippen LogP) is 4.98. The van der Waals surface area contributed by atoms with Gasteiger partial charge in [-0.1, -0.05) is 29.8 Å². The average Bonchev–Trinajstić information content (AvgIpc) is 3.22. The summed E-state index contributed by atoms with van der Waals surface area (Å²) in [5.74, 6) is 0. The molecule has 1 N–H and O–H groups in total. The summed E-state index contributed by atoms with van der Waals surface area (Å²) in [6.45, 7) is 9.62. The molecule has 0 aliphatic carbocycles. The monoisotopic (exact) mass is 492 g/mol. The maximum atomic E-state index is 13.2. The Hall–Kier alpha value is -3.72. The number of nitrogens with zero attached hydrogens (tertiary/aromatic N) is 3. The standard InChI is InChI=1S/C26H28N4O4S/c1-17-6-10-21(11-7-17)35(32,33)30-13-12-22-23(28-16-29-24(22)30)19-8-9-20(18(2)14-19)15-27-25(31)34-26(3,4)5/h6-14,16H,15H2,1-5H3,(H,27,31). The van der Waals surface area contributed by atoms with Crippen LogP contribution in [0.4, 0.5) is 4.79 Å². The number of nitrogens with one attached hydrogen (secondary N) is 1. The minimum atomic E-state index is -3.81. The quantitative estimate of drug-likeness (QED) is 0.422. The van der Waals surface area contributed by atoms with Crippen molar-refractivity contribution in [1.82, 2.24) is 19.3 Å². The highest BCUT2D eigenvalue weighted by atomic mass is 32.2. The van der Waals surface area contributed by atoms with Gasteiger partial charge in [-0.3, -0.25) is 0 Å². The SMILES string of the molecule is Cc1ccc(S(=O)(=O)n2ccc3c(-c4ccc(CNC(=O)OC(C)(C)C)c(C)c4)ncnc32)cc1. The molecule has 0 saturated carbocycles. The molecule has 2 heterocycles. The highest BCUT2D eigenvalue weighted by Gasteiger charge is 2.21. The molecular formula is C26H28N4O4S. The fourth-order valence-electron chi connectivity index (χ4n) is 3.70. The number of ether oxygens (including phenoxy) is 1. The van der Waals surface area contributed by atoms with Crippen molar-refractivity contribution in [2.24, 2.45) is 0 Å². The molecule has 2 aromatic heterocycles. The molecule has 1 amide bonds. The maximum Gasteiger partial charge on any atom is 0.407 e. The molecule has 0 atom stereocenters. The lowest BCUT2D eigenvalue weighted by molar-refractivity contribution is 0.0523. The Balaban J connectivity index is 1.64. The second-order valence-corrected chi connectivity index (χ2v) is 11.2. The summed E-state index contributed by atoms with van der Waals surface area (Å²) < 4.78 is 33.0. The number of alkyl carbamates (subject to hydrolysis) is 1. The van der Waals surface area contributed by atoms with E-state index in [9.17, 15) is 13.2 Å². The molecule has 9 heteroatoms. The van der Waals surface area contributed by atoms with E-state index in [0.717, 1.165) is 22.3 Å². The lowest BCUT2D eigenvalue weighted by Crippen LogP contribution is -2.32. The van der Waals surface area contributed by atoms with E-state index < -0.39 is 21.7 Å². The van der Waals surface area contributed by atoms with Crippen molar-refractivity contribution in [3.05, 3.63) is 77.7 Å². The summed E-state index contributed by atoms with van der Waals surface area (Å²) >= 11 is 0. The highest BCUT2D eigenvalue weighted by Crippen LogP contribution is 2.29. The molecule has 4 rings (SSSR count). The van der Waals surface area contributed by atoms with Crippen molar-refractivity contribution >= 4 is 27.1 Å². The summed E-state index contributed by atoms with van der Waals surface area (Å²) in [7, 11) is -3.81. The summed E-state index contributed by atoms with van der Waals surface area (Å²) in [4.78, 5) is 20.9. The van der Waals surface area contributed by atoms with Crippen LogP contribution in [0.1, 0.15) is 37.5 Å². The Morgan fingerprint density at radius 1 is 1.03 bits per heavy atom. The van der Waals surface area contributed by atoms with Gasteiger partial charge in [0.1, 0.15) is 11.9 Å². The van der Waals surface area contributed by atoms with Crippen LogP contribution < -0.4 is 5.32 Å². The summed E-state index contributed by atoms with van der Waals surface area (Å²) in [5.41, 5.74) is 4.06. The molecule has 8 nitrogen and oxygen atoms in total. The molecule has 0 unspecified atom stereocenters. The number of hydrogen-bond donors (Lipinski definition) is 1. The second-order valence-electron chi connectivity index (χ2n) is 9.39. The number of rotatable bonds is 5. The lowest BCUT2D eigenvalue weighted by atomic mass is 10.0. The van der Waals surface area contributed by atoms with E-state index in [1.807, 2.05) is 52.8 Å². The number of carbonyl (C=O) groups excluding carboxylic acids is 1. The molecule has 2 aromatic carbocycles. The lowest BCUT2D eigenvalue weighted by Gasteiger charge is -2.20. The van der Waals surface area contributed by atoms with Crippen LogP contribution in [0.15, 0.2) is 66.0 Å². The Morgan fingerprint density at radius 2 is 1.74 bits per heavy atom. The Bertz CT molecular complexity index is 1500. The van der Waals surface area contributed by atoms with Gasteiger partial charge in [0.25, 0.3) is 10.0 Å². The third kappa shape index (κ3) is 5.19. The first-order chi connectivity index (χ1) is 16.5. The van der Waals surface area contributed by atoms with Gasteiger partial charge in [0, 0.05) is 23.7 Å². The van der Waals surface area contributed by atoms with Gasteiger partial charge in [-0.25, -0.2) is 27.2 Å². The summed E-state index contributed by atoms with van der Waals surface area (Å²) in [5, 5.41) is 3.39. The van der Waals surface area contributed by atoms with E-state index >= 15 is 0 Å². The van der Waals surface area contributed by atoms with Gasteiger partial charge >= 0.3 is 6.09 Å². The third-order valence-electron chi connectivity index (χ3n) is 5.46. The van der Waals surface area contributed by atoms with Crippen LogP contribution in [0.25, 0.3) is 22.3 Å². The van der Waals surface area contributed by atoms with Crippen LogP contribution in [0.5, 0.6) is 0 Å². The van der Waals surface area contributed by atoms with Gasteiger partial charge in [0.05, 0.1) is 10.6 Å². The van der Waals surface area contributed by atoms with Crippen molar-refractivity contribution in [3.63, 3.8) is 0 Å².